The normalized spacial score (nSPS) is 17.1. The van der Waals surface area contributed by atoms with Crippen molar-refractivity contribution in [3.8, 4) is 11.5 Å². The number of thioether (sulfide) groups is 1. The van der Waals surface area contributed by atoms with Gasteiger partial charge in [0.15, 0.2) is 11.5 Å². The number of amides is 1. The largest absolute Gasteiger partial charge is 0.454 e. The van der Waals surface area contributed by atoms with Gasteiger partial charge in [-0.2, -0.15) is 4.98 Å². The molecule has 34 heavy (non-hydrogen) atoms. The van der Waals surface area contributed by atoms with Gasteiger partial charge in [0.05, 0.1) is 19.0 Å². The van der Waals surface area contributed by atoms with Gasteiger partial charge in [-0.25, -0.2) is 4.79 Å². The van der Waals surface area contributed by atoms with E-state index in [4.69, 9.17) is 14.2 Å². The fraction of sp³-hybridized carbons (Fsp3) is 0.542. The van der Waals surface area contributed by atoms with Crippen molar-refractivity contribution >= 4 is 17.7 Å². The molecule has 1 aliphatic carbocycles. The molecule has 1 N–H and O–H groups in total. The minimum Gasteiger partial charge on any atom is -0.454 e. The van der Waals surface area contributed by atoms with E-state index in [1.165, 1.54) is 11.8 Å². The standard InChI is InChI=1S/C24H30N4O5S/c29-22(25-14-17-5-6-20-21(13-17)33-16-32-20)15-34-23-18-3-1-4-19(18)28(24(30)26-23)8-2-7-27-9-11-31-12-10-27/h5-6,13H,1-4,7-12,14-16H2,(H,25,29). The number of rotatable bonds is 9. The first-order chi connectivity index (χ1) is 16.7. The fourth-order valence-electron chi connectivity index (χ4n) is 4.65. The maximum Gasteiger partial charge on any atom is 0.348 e. The summed E-state index contributed by atoms with van der Waals surface area (Å²) < 4.78 is 18.0. The third-order valence-corrected chi connectivity index (χ3v) is 7.44. The molecule has 0 saturated carbocycles. The number of fused-ring (bicyclic) bond motifs is 2. The fourth-order valence-corrected chi connectivity index (χ4v) is 5.56. The van der Waals surface area contributed by atoms with Crippen molar-refractivity contribution in [2.75, 3.05) is 45.4 Å². The Bertz CT molecular complexity index is 1100. The van der Waals surface area contributed by atoms with Crippen LogP contribution in [0.1, 0.15) is 29.7 Å². The van der Waals surface area contributed by atoms with E-state index in [1.807, 2.05) is 22.8 Å². The predicted molar refractivity (Wildman–Crippen MR) is 128 cm³/mol. The Kier molecular flexibility index (Phi) is 7.36. The molecule has 1 aromatic carbocycles. The molecule has 182 valence electrons. The van der Waals surface area contributed by atoms with Gasteiger partial charge < -0.3 is 19.5 Å². The smallest absolute Gasteiger partial charge is 0.348 e. The van der Waals surface area contributed by atoms with Crippen molar-refractivity contribution in [2.45, 2.75) is 43.8 Å². The molecule has 2 aromatic rings. The van der Waals surface area contributed by atoms with Gasteiger partial charge in [-0.3, -0.25) is 14.3 Å². The summed E-state index contributed by atoms with van der Waals surface area (Å²) in [6, 6.07) is 5.64. The number of carbonyl (C=O) groups is 1. The lowest BCUT2D eigenvalue weighted by molar-refractivity contribution is -0.118. The van der Waals surface area contributed by atoms with Crippen LogP contribution in [-0.4, -0.2) is 65.8 Å². The van der Waals surface area contributed by atoms with Crippen LogP contribution < -0.4 is 20.5 Å². The summed E-state index contributed by atoms with van der Waals surface area (Å²) in [5.74, 6) is 1.56. The molecule has 0 bridgehead atoms. The molecule has 0 spiro atoms. The lowest BCUT2D eigenvalue weighted by Crippen LogP contribution is -2.37. The molecule has 3 aliphatic rings. The van der Waals surface area contributed by atoms with Gasteiger partial charge in [0.25, 0.3) is 0 Å². The molecule has 0 unspecified atom stereocenters. The number of carbonyl (C=O) groups excluding carboxylic acids is 1. The number of morpholine rings is 1. The highest BCUT2D eigenvalue weighted by Crippen LogP contribution is 2.32. The molecule has 1 fully saturated rings. The van der Waals surface area contributed by atoms with Crippen LogP contribution in [0.5, 0.6) is 11.5 Å². The molecular formula is C24H30N4O5S. The van der Waals surface area contributed by atoms with Gasteiger partial charge in [-0.15, -0.1) is 0 Å². The predicted octanol–water partition coefficient (Wildman–Crippen LogP) is 1.59. The SMILES string of the molecule is O=C(CSc1nc(=O)n(CCCN2CCOCC2)c2c1CCC2)NCc1ccc2c(c1)OCO2. The van der Waals surface area contributed by atoms with E-state index in [2.05, 4.69) is 15.2 Å². The summed E-state index contributed by atoms with van der Waals surface area (Å²) in [5, 5.41) is 3.64. The van der Waals surface area contributed by atoms with E-state index in [0.29, 0.717) is 23.9 Å². The van der Waals surface area contributed by atoms with Crippen LogP contribution in [-0.2, 0) is 35.5 Å². The highest BCUT2D eigenvalue weighted by molar-refractivity contribution is 7.99. The van der Waals surface area contributed by atoms with E-state index in [9.17, 15) is 9.59 Å². The van der Waals surface area contributed by atoms with Crippen LogP contribution in [0.15, 0.2) is 28.0 Å². The summed E-state index contributed by atoms with van der Waals surface area (Å²) in [6.07, 6.45) is 3.75. The average molecular weight is 487 g/mol. The highest BCUT2D eigenvalue weighted by atomic mass is 32.2. The summed E-state index contributed by atoms with van der Waals surface area (Å²) in [6.45, 7) is 5.77. The summed E-state index contributed by atoms with van der Waals surface area (Å²) in [7, 11) is 0. The molecule has 0 atom stereocenters. The monoisotopic (exact) mass is 486 g/mol. The minimum atomic E-state index is -0.203. The van der Waals surface area contributed by atoms with Gasteiger partial charge in [0, 0.05) is 44.0 Å². The molecule has 1 amide bonds. The van der Waals surface area contributed by atoms with Crippen LogP contribution in [0.3, 0.4) is 0 Å². The van der Waals surface area contributed by atoms with Gasteiger partial charge in [-0.1, -0.05) is 17.8 Å². The van der Waals surface area contributed by atoms with Crippen molar-refractivity contribution in [1.29, 1.82) is 0 Å². The second-order valence-corrected chi connectivity index (χ2v) is 9.65. The molecule has 0 radical (unpaired) electrons. The molecule has 9 nitrogen and oxygen atoms in total. The Morgan fingerprint density at radius 3 is 2.85 bits per heavy atom. The molecule has 1 aromatic heterocycles. The average Bonchev–Trinajstić information content (AvgIpc) is 3.53. The van der Waals surface area contributed by atoms with E-state index in [1.54, 1.807) is 0 Å². The maximum atomic E-state index is 12.8. The lowest BCUT2D eigenvalue weighted by atomic mass is 10.2. The highest BCUT2D eigenvalue weighted by Gasteiger charge is 2.23. The number of hydrogen-bond donors (Lipinski definition) is 1. The molecule has 5 rings (SSSR count). The van der Waals surface area contributed by atoms with Crippen LogP contribution in [0, 0.1) is 0 Å². The maximum absolute atomic E-state index is 12.8. The number of ether oxygens (including phenoxy) is 3. The van der Waals surface area contributed by atoms with Crippen molar-refractivity contribution in [1.82, 2.24) is 19.8 Å². The Labute approximate surface area is 202 Å². The third-order valence-electron chi connectivity index (χ3n) is 6.43. The first kappa shape index (κ1) is 23.2. The second-order valence-electron chi connectivity index (χ2n) is 8.69. The molecule has 1 saturated heterocycles. The third kappa shape index (κ3) is 5.39. The molecule has 3 heterocycles. The number of aromatic nitrogens is 2. The topological polar surface area (TPSA) is 94.9 Å². The Morgan fingerprint density at radius 1 is 1.12 bits per heavy atom. The van der Waals surface area contributed by atoms with Crippen LogP contribution >= 0.6 is 11.8 Å². The summed E-state index contributed by atoms with van der Waals surface area (Å²) in [4.78, 5) is 32.0. The molecule has 10 heteroatoms. The van der Waals surface area contributed by atoms with E-state index in [0.717, 1.165) is 81.1 Å². The van der Waals surface area contributed by atoms with Gasteiger partial charge >= 0.3 is 5.69 Å². The first-order valence-corrected chi connectivity index (χ1v) is 12.9. The minimum absolute atomic E-state index is 0.0918. The lowest BCUT2D eigenvalue weighted by Gasteiger charge is -2.26. The quantitative estimate of drug-likeness (QED) is 0.422. The Morgan fingerprint density at radius 2 is 1.97 bits per heavy atom. The van der Waals surface area contributed by atoms with Crippen molar-refractivity contribution < 1.29 is 19.0 Å². The number of hydrogen-bond acceptors (Lipinski definition) is 8. The molecular weight excluding hydrogens is 456 g/mol. The number of benzene rings is 1. The van der Waals surface area contributed by atoms with E-state index in [-0.39, 0.29) is 24.1 Å². The van der Waals surface area contributed by atoms with E-state index < -0.39 is 0 Å². The zero-order valence-corrected chi connectivity index (χ0v) is 20.0. The van der Waals surface area contributed by atoms with E-state index >= 15 is 0 Å². The van der Waals surface area contributed by atoms with Gasteiger partial charge in [0.2, 0.25) is 12.7 Å². The van der Waals surface area contributed by atoms with Crippen molar-refractivity contribution in [2.24, 2.45) is 0 Å². The van der Waals surface area contributed by atoms with Crippen molar-refractivity contribution in [3.63, 3.8) is 0 Å². The van der Waals surface area contributed by atoms with Crippen LogP contribution in [0.2, 0.25) is 0 Å². The van der Waals surface area contributed by atoms with Gasteiger partial charge in [-0.05, 0) is 43.4 Å². The number of nitrogens with zero attached hydrogens (tertiary/aromatic N) is 3. The Balaban J connectivity index is 1.15. The Hall–Kier alpha value is -2.56. The number of nitrogens with one attached hydrogen (secondary N) is 1. The zero-order chi connectivity index (χ0) is 23.3. The second kappa shape index (κ2) is 10.8. The van der Waals surface area contributed by atoms with Crippen molar-refractivity contribution in [3.05, 3.63) is 45.5 Å². The summed E-state index contributed by atoms with van der Waals surface area (Å²) in [5.41, 5.74) is 2.98. The zero-order valence-electron chi connectivity index (χ0n) is 19.2. The molecule has 2 aliphatic heterocycles. The first-order valence-electron chi connectivity index (χ1n) is 11.9. The van der Waals surface area contributed by atoms with Crippen LogP contribution in [0.25, 0.3) is 0 Å². The summed E-state index contributed by atoms with van der Waals surface area (Å²) >= 11 is 1.36. The van der Waals surface area contributed by atoms with Gasteiger partial charge in [0.1, 0.15) is 5.03 Å². The van der Waals surface area contributed by atoms with Crippen LogP contribution in [0.4, 0.5) is 0 Å².